The Kier molecular flexibility index (Phi) is 7.49. The third-order valence-electron chi connectivity index (χ3n) is 4.14. The van der Waals surface area contributed by atoms with Gasteiger partial charge in [0, 0.05) is 11.8 Å². The zero-order valence-corrected chi connectivity index (χ0v) is 18.2. The molecule has 3 aromatic carbocycles. The quantitative estimate of drug-likeness (QED) is 0.467. The Morgan fingerprint density at radius 1 is 1.06 bits per heavy atom. The first-order chi connectivity index (χ1) is 15.4. The Morgan fingerprint density at radius 2 is 1.81 bits per heavy atom. The van der Waals surface area contributed by atoms with Gasteiger partial charge in [0.1, 0.15) is 11.8 Å². The van der Waals surface area contributed by atoms with Crippen molar-refractivity contribution in [2.24, 2.45) is 0 Å². The molecule has 9 heteroatoms. The second kappa shape index (κ2) is 10.5. The summed E-state index contributed by atoms with van der Waals surface area (Å²) in [5.74, 6) is 0.125. The first-order valence-electron chi connectivity index (χ1n) is 9.34. The number of sulfonamides is 1. The van der Waals surface area contributed by atoms with Crippen LogP contribution in [0.25, 0.3) is 6.08 Å². The highest BCUT2D eigenvalue weighted by Gasteiger charge is 2.16. The van der Waals surface area contributed by atoms with E-state index < -0.39 is 15.9 Å². The molecule has 0 heterocycles. The van der Waals surface area contributed by atoms with Crippen molar-refractivity contribution in [3.63, 3.8) is 0 Å². The van der Waals surface area contributed by atoms with E-state index >= 15 is 0 Å². The van der Waals surface area contributed by atoms with Gasteiger partial charge in [-0.2, -0.15) is 5.26 Å². The summed E-state index contributed by atoms with van der Waals surface area (Å²) in [6, 6.07) is 21.1. The normalized spacial score (nSPS) is 11.0. The van der Waals surface area contributed by atoms with Crippen molar-refractivity contribution in [3.05, 3.63) is 89.5 Å². The Balaban J connectivity index is 1.66. The van der Waals surface area contributed by atoms with Crippen molar-refractivity contribution in [2.45, 2.75) is 4.90 Å². The van der Waals surface area contributed by atoms with Crippen molar-refractivity contribution in [2.75, 3.05) is 16.6 Å². The molecule has 2 N–H and O–H groups in total. The molecule has 32 heavy (non-hydrogen) atoms. The number of halogens is 1. The Bertz CT molecular complexity index is 1280. The summed E-state index contributed by atoms with van der Waals surface area (Å²) >= 11 is 6.02. The molecule has 0 spiro atoms. The second-order valence-electron chi connectivity index (χ2n) is 6.45. The molecule has 7 nitrogen and oxygen atoms in total. The fraction of sp³-hybridized carbons (Fsp3) is 0.0435. The van der Waals surface area contributed by atoms with E-state index in [2.05, 4.69) is 10.0 Å². The van der Waals surface area contributed by atoms with Crippen LogP contribution in [-0.2, 0) is 14.8 Å². The number of benzene rings is 3. The number of nitrogens with one attached hydrogen (secondary N) is 2. The van der Waals surface area contributed by atoms with Gasteiger partial charge in [-0.3, -0.25) is 9.52 Å². The summed E-state index contributed by atoms with van der Waals surface area (Å²) in [5, 5.41) is 11.4. The van der Waals surface area contributed by atoms with Gasteiger partial charge in [0.05, 0.1) is 15.6 Å². The monoisotopic (exact) mass is 467 g/mol. The molecular weight excluding hydrogens is 450 g/mol. The van der Waals surface area contributed by atoms with E-state index in [1.165, 1.54) is 24.3 Å². The number of ether oxygens (including phenoxy) is 1. The minimum absolute atomic E-state index is 0.0212. The van der Waals surface area contributed by atoms with Crippen molar-refractivity contribution >= 4 is 45.0 Å². The lowest BCUT2D eigenvalue weighted by Gasteiger charge is -2.11. The Labute approximate surface area is 191 Å². The minimum atomic E-state index is -3.90. The highest BCUT2D eigenvalue weighted by molar-refractivity contribution is 7.92. The molecule has 0 aromatic heterocycles. The lowest BCUT2D eigenvalue weighted by Crippen LogP contribution is -2.14. The average Bonchev–Trinajstić information content (AvgIpc) is 2.78. The molecule has 0 aliphatic heterocycles. The number of hydrogen-bond donors (Lipinski definition) is 2. The third kappa shape index (κ3) is 6.35. The van der Waals surface area contributed by atoms with Crippen LogP contribution in [0, 0.1) is 11.3 Å². The summed E-state index contributed by atoms with van der Waals surface area (Å²) in [6.45, 7) is -0.0414. The molecule has 1 amide bonds. The van der Waals surface area contributed by atoms with Crippen molar-refractivity contribution in [1.29, 1.82) is 5.26 Å². The van der Waals surface area contributed by atoms with E-state index in [4.69, 9.17) is 21.6 Å². The van der Waals surface area contributed by atoms with Gasteiger partial charge in [-0.05, 0) is 54.1 Å². The van der Waals surface area contributed by atoms with Gasteiger partial charge in [0.15, 0.2) is 6.61 Å². The summed E-state index contributed by atoms with van der Waals surface area (Å²) < 4.78 is 32.9. The molecule has 0 unspecified atom stereocenters. The number of carbonyl (C=O) groups excluding carboxylic acids is 1. The number of nitriles is 1. The van der Waals surface area contributed by atoms with Gasteiger partial charge in [-0.25, -0.2) is 8.42 Å². The Morgan fingerprint density at radius 3 is 2.53 bits per heavy atom. The third-order valence-corrected chi connectivity index (χ3v) is 5.83. The molecule has 0 atom stereocenters. The summed E-state index contributed by atoms with van der Waals surface area (Å²) in [7, 11) is -3.90. The number of hydrogen-bond acceptors (Lipinski definition) is 5. The first-order valence-corrected chi connectivity index (χ1v) is 11.2. The second-order valence-corrected chi connectivity index (χ2v) is 8.54. The van der Waals surface area contributed by atoms with E-state index in [-0.39, 0.29) is 22.2 Å². The standard InChI is InChI=1S/C23H18ClN3O4S/c24-21-6-1-2-7-22(21)27-32(29,30)20-5-3-4-18(16-20)26-23(28)13-10-17-8-11-19(12-9-17)31-15-14-25/h1-13,16,27H,15H2,(H,26,28)/b13-10+. The van der Waals surface area contributed by atoms with Crippen molar-refractivity contribution < 1.29 is 17.9 Å². The van der Waals surface area contributed by atoms with Crippen LogP contribution in [0.15, 0.2) is 83.8 Å². The maximum atomic E-state index is 12.7. The van der Waals surface area contributed by atoms with Gasteiger partial charge in [-0.1, -0.05) is 41.9 Å². The van der Waals surface area contributed by atoms with Gasteiger partial charge < -0.3 is 10.1 Å². The van der Waals surface area contributed by atoms with E-state index in [0.717, 1.165) is 5.56 Å². The molecule has 0 aliphatic carbocycles. The van der Waals surface area contributed by atoms with Crippen molar-refractivity contribution in [1.82, 2.24) is 0 Å². The highest BCUT2D eigenvalue weighted by atomic mass is 35.5. The smallest absolute Gasteiger partial charge is 0.262 e. The van der Waals surface area contributed by atoms with E-state index in [9.17, 15) is 13.2 Å². The van der Waals surface area contributed by atoms with Crippen LogP contribution in [0.1, 0.15) is 5.56 Å². The molecule has 0 bridgehead atoms. The predicted octanol–water partition coefficient (Wildman–Crippen LogP) is 4.70. The molecule has 0 aliphatic rings. The molecule has 3 rings (SSSR count). The van der Waals surface area contributed by atoms with Crippen LogP contribution < -0.4 is 14.8 Å². The number of nitrogens with zero attached hydrogens (tertiary/aromatic N) is 1. The van der Waals surface area contributed by atoms with E-state index in [1.54, 1.807) is 60.7 Å². The van der Waals surface area contributed by atoms with Crippen LogP contribution in [0.3, 0.4) is 0 Å². The van der Waals surface area contributed by atoms with Gasteiger partial charge in [0.2, 0.25) is 5.91 Å². The van der Waals surface area contributed by atoms with Crippen LogP contribution in [0.4, 0.5) is 11.4 Å². The van der Waals surface area contributed by atoms with Crippen LogP contribution in [0.2, 0.25) is 5.02 Å². The minimum Gasteiger partial charge on any atom is -0.479 e. The van der Waals surface area contributed by atoms with Crippen LogP contribution in [0.5, 0.6) is 5.75 Å². The summed E-state index contributed by atoms with van der Waals surface area (Å²) in [6.07, 6.45) is 2.93. The molecule has 3 aromatic rings. The molecule has 0 radical (unpaired) electrons. The number of amides is 1. The summed E-state index contributed by atoms with van der Waals surface area (Å²) in [5.41, 5.74) is 1.34. The first kappa shape index (κ1) is 22.9. The number of rotatable bonds is 8. The van der Waals surface area contributed by atoms with E-state index in [1.807, 2.05) is 6.07 Å². The van der Waals surface area contributed by atoms with Gasteiger partial charge >= 0.3 is 0 Å². The molecule has 162 valence electrons. The Hall–Kier alpha value is -3.80. The molecule has 0 saturated heterocycles. The van der Waals surface area contributed by atoms with Gasteiger partial charge in [-0.15, -0.1) is 0 Å². The SMILES string of the molecule is N#CCOc1ccc(/C=C/C(=O)Nc2cccc(S(=O)(=O)Nc3ccccc3Cl)c2)cc1. The van der Waals surface area contributed by atoms with Crippen LogP contribution >= 0.6 is 11.6 Å². The zero-order chi connectivity index (χ0) is 23.0. The topological polar surface area (TPSA) is 108 Å². The van der Waals surface area contributed by atoms with Crippen molar-refractivity contribution in [3.8, 4) is 11.8 Å². The fourth-order valence-electron chi connectivity index (χ4n) is 2.64. The molecule has 0 saturated carbocycles. The lowest BCUT2D eigenvalue weighted by molar-refractivity contribution is -0.111. The largest absolute Gasteiger partial charge is 0.479 e. The number of para-hydroxylation sites is 1. The average molecular weight is 468 g/mol. The number of carbonyl (C=O) groups is 1. The highest BCUT2D eigenvalue weighted by Crippen LogP contribution is 2.25. The predicted molar refractivity (Wildman–Crippen MR) is 124 cm³/mol. The van der Waals surface area contributed by atoms with E-state index in [0.29, 0.717) is 11.4 Å². The molecule has 0 fully saturated rings. The zero-order valence-electron chi connectivity index (χ0n) is 16.7. The lowest BCUT2D eigenvalue weighted by atomic mass is 10.2. The maximum absolute atomic E-state index is 12.7. The fourth-order valence-corrected chi connectivity index (χ4v) is 4.00. The summed E-state index contributed by atoms with van der Waals surface area (Å²) in [4.78, 5) is 12.2. The van der Waals surface area contributed by atoms with Gasteiger partial charge in [0.25, 0.3) is 10.0 Å². The molecular formula is C23H18ClN3O4S. The number of anilines is 2. The van der Waals surface area contributed by atoms with Crippen LogP contribution in [-0.4, -0.2) is 20.9 Å². The maximum Gasteiger partial charge on any atom is 0.262 e.